The van der Waals surface area contributed by atoms with Gasteiger partial charge in [-0.1, -0.05) is 60.7 Å². The molecule has 4 rings (SSSR count). The highest BCUT2D eigenvalue weighted by atomic mass is 31.2. The molecule has 1 saturated heterocycles. The minimum atomic E-state index is -4.62. The van der Waals surface area contributed by atoms with E-state index in [-0.39, 0.29) is 17.6 Å². The van der Waals surface area contributed by atoms with Crippen LogP contribution < -0.4 is 9.84 Å². The van der Waals surface area contributed by atoms with Gasteiger partial charge >= 0.3 is 7.82 Å². The SMILES string of the molecule is Cc1ccc(C2CCN(CCCCNC(=O)C3(C#N)C=CC(c4ccccc4)=CC3)CC2)c(OP(=O)(O)O)c1. The number of hydrogen-bond acceptors (Lipinski definition) is 5. The maximum atomic E-state index is 12.9. The quantitative estimate of drug-likeness (QED) is 0.278. The molecule has 0 radical (unpaired) electrons. The van der Waals surface area contributed by atoms with E-state index >= 15 is 0 Å². The first-order chi connectivity index (χ1) is 18.7. The number of carbonyl (C=O) groups excluding carboxylic acids is 1. The van der Waals surface area contributed by atoms with Gasteiger partial charge in [0.15, 0.2) is 5.41 Å². The van der Waals surface area contributed by atoms with Gasteiger partial charge < -0.3 is 14.7 Å². The molecule has 206 valence electrons. The smallest absolute Gasteiger partial charge is 0.404 e. The number of aryl methyl sites for hydroxylation is 1. The molecule has 1 amide bonds. The van der Waals surface area contributed by atoms with Crippen LogP contribution in [0.5, 0.6) is 5.75 Å². The van der Waals surface area contributed by atoms with Crippen LogP contribution in [0.15, 0.2) is 66.8 Å². The summed E-state index contributed by atoms with van der Waals surface area (Å²) in [5.74, 6) is 0.203. The number of phosphoric ester groups is 1. The third-order valence-electron chi connectivity index (χ3n) is 7.50. The number of hydrogen-bond donors (Lipinski definition) is 3. The van der Waals surface area contributed by atoms with Crippen LogP contribution in [-0.2, 0) is 9.36 Å². The highest BCUT2D eigenvalue weighted by Crippen LogP contribution is 2.43. The number of nitriles is 1. The van der Waals surface area contributed by atoms with Gasteiger partial charge in [-0.2, -0.15) is 5.26 Å². The molecule has 0 spiro atoms. The first-order valence-corrected chi connectivity index (χ1v) is 14.9. The standard InChI is InChI=1S/C30H36N3O5P/c1-23-9-10-27(28(21-23)38-39(35,36)37)26-13-19-33(20-14-26)18-6-5-17-32-29(34)30(22-31)15-11-25(12-16-30)24-7-3-2-4-8-24/h2-4,7-12,15,21,26H,5-6,13-14,16-20H2,1H3,(H,32,34)(H2,35,36,37). The molecule has 3 N–H and O–H groups in total. The van der Waals surface area contributed by atoms with E-state index in [0.717, 1.165) is 67.6 Å². The molecule has 0 aromatic heterocycles. The molecule has 1 aliphatic carbocycles. The van der Waals surface area contributed by atoms with Crippen LogP contribution in [0.2, 0.25) is 0 Å². The zero-order valence-corrected chi connectivity index (χ0v) is 23.1. The van der Waals surface area contributed by atoms with E-state index in [1.54, 1.807) is 12.1 Å². The Morgan fingerprint density at radius 1 is 1.18 bits per heavy atom. The predicted molar refractivity (Wildman–Crippen MR) is 151 cm³/mol. The molecule has 0 saturated carbocycles. The summed E-state index contributed by atoms with van der Waals surface area (Å²) in [5, 5.41) is 12.7. The fraction of sp³-hybridized carbons (Fsp3) is 0.400. The summed E-state index contributed by atoms with van der Waals surface area (Å²) in [5.41, 5.74) is 2.66. The normalized spacial score (nSPS) is 20.2. The van der Waals surface area contributed by atoms with Crippen molar-refractivity contribution in [2.45, 2.75) is 44.9 Å². The van der Waals surface area contributed by atoms with Gasteiger partial charge in [0.2, 0.25) is 5.91 Å². The number of allylic oxidation sites excluding steroid dienone is 3. The Labute approximate surface area is 230 Å². The predicted octanol–water partition coefficient (Wildman–Crippen LogP) is 5.10. The number of piperidine rings is 1. The molecule has 8 nitrogen and oxygen atoms in total. The van der Waals surface area contributed by atoms with E-state index in [0.29, 0.717) is 13.0 Å². The Morgan fingerprint density at radius 2 is 1.92 bits per heavy atom. The fourth-order valence-electron chi connectivity index (χ4n) is 5.26. The Kier molecular flexibility index (Phi) is 9.42. The van der Waals surface area contributed by atoms with E-state index in [9.17, 15) is 24.4 Å². The van der Waals surface area contributed by atoms with Crippen molar-refractivity contribution in [1.29, 1.82) is 5.26 Å². The van der Waals surface area contributed by atoms with Crippen molar-refractivity contribution in [3.63, 3.8) is 0 Å². The Bertz CT molecular complexity index is 1310. The van der Waals surface area contributed by atoms with Crippen molar-refractivity contribution in [1.82, 2.24) is 10.2 Å². The second-order valence-corrected chi connectivity index (χ2v) is 11.5. The summed E-state index contributed by atoms with van der Waals surface area (Å²) in [7, 11) is -4.62. The van der Waals surface area contributed by atoms with Crippen molar-refractivity contribution >= 4 is 19.3 Å². The van der Waals surface area contributed by atoms with E-state index in [1.807, 2.05) is 61.5 Å². The summed E-state index contributed by atoms with van der Waals surface area (Å²) in [6.07, 6.45) is 9.41. The molecular weight excluding hydrogens is 513 g/mol. The van der Waals surface area contributed by atoms with Crippen LogP contribution in [0.3, 0.4) is 0 Å². The minimum Gasteiger partial charge on any atom is -0.404 e. The number of carbonyl (C=O) groups is 1. The van der Waals surface area contributed by atoms with Crippen LogP contribution in [0.4, 0.5) is 0 Å². The van der Waals surface area contributed by atoms with Gasteiger partial charge in [-0.25, -0.2) is 4.57 Å². The van der Waals surface area contributed by atoms with Crippen molar-refractivity contribution < 1.29 is 23.7 Å². The molecule has 2 aliphatic rings. The largest absolute Gasteiger partial charge is 0.524 e. The number of likely N-dealkylation sites (tertiary alicyclic amines) is 1. The van der Waals surface area contributed by atoms with Crippen LogP contribution in [0.1, 0.15) is 54.7 Å². The summed E-state index contributed by atoms with van der Waals surface area (Å²) < 4.78 is 16.4. The summed E-state index contributed by atoms with van der Waals surface area (Å²) in [6, 6.07) is 17.7. The van der Waals surface area contributed by atoms with E-state index in [1.165, 1.54) is 0 Å². The third-order valence-corrected chi connectivity index (χ3v) is 7.94. The van der Waals surface area contributed by atoms with Crippen molar-refractivity contribution in [2.24, 2.45) is 5.41 Å². The number of rotatable bonds is 10. The zero-order chi connectivity index (χ0) is 27.9. The highest BCUT2D eigenvalue weighted by molar-refractivity contribution is 7.46. The molecule has 1 heterocycles. The van der Waals surface area contributed by atoms with E-state index < -0.39 is 13.2 Å². The number of nitrogens with zero attached hydrogens (tertiary/aromatic N) is 2. The summed E-state index contributed by atoms with van der Waals surface area (Å²) in [6.45, 7) is 5.08. The third kappa shape index (κ3) is 7.68. The van der Waals surface area contributed by atoms with Gasteiger partial charge in [-0.15, -0.1) is 0 Å². The number of amides is 1. The average Bonchev–Trinajstić information content (AvgIpc) is 2.93. The monoisotopic (exact) mass is 549 g/mol. The van der Waals surface area contributed by atoms with Crippen molar-refractivity contribution in [3.8, 4) is 11.8 Å². The first kappa shape index (κ1) is 28.8. The van der Waals surface area contributed by atoms with Crippen LogP contribution >= 0.6 is 7.82 Å². The number of nitrogens with one attached hydrogen (secondary N) is 1. The average molecular weight is 550 g/mol. The van der Waals surface area contributed by atoms with Gasteiger partial charge in [0.1, 0.15) is 5.75 Å². The van der Waals surface area contributed by atoms with Crippen molar-refractivity contribution in [3.05, 3.63) is 83.4 Å². The fourth-order valence-corrected chi connectivity index (χ4v) is 5.67. The first-order valence-electron chi connectivity index (χ1n) is 13.4. The zero-order valence-electron chi connectivity index (χ0n) is 22.3. The van der Waals surface area contributed by atoms with Crippen LogP contribution in [0.25, 0.3) is 5.57 Å². The topological polar surface area (TPSA) is 123 Å². The lowest BCUT2D eigenvalue weighted by atomic mass is 9.79. The van der Waals surface area contributed by atoms with E-state index in [4.69, 9.17) is 4.52 Å². The second-order valence-electron chi connectivity index (χ2n) is 10.3. The highest BCUT2D eigenvalue weighted by Gasteiger charge is 2.36. The molecule has 1 fully saturated rings. The lowest BCUT2D eigenvalue weighted by Gasteiger charge is -2.33. The van der Waals surface area contributed by atoms with Crippen molar-refractivity contribution in [2.75, 3.05) is 26.2 Å². The summed E-state index contributed by atoms with van der Waals surface area (Å²) in [4.78, 5) is 33.8. The molecular formula is C30H36N3O5P. The summed E-state index contributed by atoms with van der Waals surface area (Å²) >= 11 is 0. The number of phosphoric acid groups is 1. The Morgan fingerprint density at radius 3 is 2.56 bits per heavy atom. The van der Waals surface area contributed by atoms with Gasteiger partial charge in [-0.05, 0) is 92.9 Å². The minimum absolute atomic E-state index is 0.185. The lowest BCUT2D eigenvalue weighted by Crippen LogP contribution is -2.40. The molecule has 1 atom stereocenters. The second kappa shape index (κ2) is 12.8. The van der Waals surface area contributed by atoms with Crippen LogP contribution in [-0.4, -0.2) is 46.8 Å². The molecule has 2 aromatic carbocycles. The molecule has 2 aromatic rings. The molecule has 0 bridgehead atoms. The van der Waals surface area contributed by atoms with Gasteiger partial charge in [0.05, 0.1) is 6.07 Å². The Balaban J connectivity index is 1.19. The molecule has 9 heteroatoms. The molecule has 39 heavy (non-hydrogen) atoms. The number of benzene rings is 2. The van der Waals surface area contributed by atoms with Gasteiger partial charge in [-0.3, -0.25) is 14.6 Å². The number of unbranched alkanes of at least 4 members (excludes halogenated alkanes) is 1. The van der Waals surface area contributed by atoms with Gasteiger partial charge in [0, 0.05) is 6.54 Å². The molecule has 1 aliphatic heterocycles. The lowest BCUT2D eigenvalue weighted by molar-refractivity contribution is -0.126. The maximum absolute atomic E-state index is 12.9. The van der Waals surface area contributed by atoms with Crippen LogP contribution in [0, 0.1) is 23.7 Å². The Hall–Kier alpha value is -3.21. The van der Waals surface area contributed by atoms with E-state index in [2.05, 4.69) is 16.3 Å². The molecule has 1 unspecified atom stereocenters. The maximum Gasteiger partial charge on any atom is 0.524 e. The van der Waals surface area contributed by atoms with Gasteiger partial charge in [0.25, 0.3) is 0 Å².